The molecule has 0 unspecified atom stereocenters. The molecular formula is C22H23NO4. The normalized spacial score (nSPS) is 11.8. The van der Waals surface area contributed by atoms with Gasteiger partial charge in [-0.25, -0.2) is 0 Å². The summed E-state index contributed by atoms with van der Waals surface area (Å²) in [5.41, 5.74) is 0.868. The molecule has 4 aromatic rings. The first-order chi connectivity index (χ1) is 13.1. The SMILES string of the molecule is CCN(CC)CCOc1ccc2c(c1)oc1c(O)c3ccccc3c(O)c12. The van der Waals surface area contributed by atoms with Gasteiger partial charge in [-0.3, -0.25) is 0 Å². The lowest BCUT2D eigenvalue weighted by molar-refractivity contribution is 0.223. The highest BCUT2D eigenvalue weighted by atomic mass is 16.5. The summed E-state index contributed by atoms with van der Waals surface area (Å²) in [7, 11) is 0. The van der Waals surface area contributed by atoms with Crippen LogP contribution in [0.5, 0.6) is 17.2 Å². The van der Waals surface area contributed by atoms with Crippen molar-refractivity contribution in [3.63, 3.8) is 0 Å². The van der Waals surface area contributed by atoms with Gasteiger partial charge < -0.3 is 24.3 Å². The van der Waals surface area contributed by atoms with Crippen molar-refractivity contribution >= 4 is 32.7 Å². The summed E-state index contributed by atoms with van der Waals surface area (Å²) in [4.78, 5) is 2.29. The van der Waals surface area contributed by atoms with E-state index in [1.807, 2.05) is 24.3 Å². The molecule has 0 aliphatic heterocycles. The van der Waals surface area contributed by atoms with Gasteiger partial charge in [-0.2, -0.15) is 0 Å². The molecule has 0 radical (unpaired) electrons. The number of phenols is 2. The van der Waals surface area contributed by atoms with Crippen LogP contribution in [0.4, 0.5) is 0 Å². The van der Waals surface area contributed by atoms with Gasteiger partial charge in [0.05, 0.1) is 5.39 Å². The maximum Gasteiger partial charge on any atom is 0.181 e. The molecule has 2 N–H and O–H groups in total. The van der Waals surface area contributed by atoms with Crippen molar-refractivity contribution in [2.24, 2.45) is 0 Å². The minimum absolute atomic E-state index is 0.0404. The number of phenolic OH excluding ortho intramolecular Hbond substituents is 2. The third-order valence-corrected chi connectivity index (χ3v) is 5.12. The van der Waals surface area contributed by atoms with E-state index in [-0.39, 0.29) is 11.5 Å². The third kappa shape index (κ3) is 2.94. The lowest BCUT2D eigenvalue weighted by Gasteiger charge is -2.17. The zero-order chi connectivity index (χ0) is 19.0. The monoisotopic (exact) mass is 365 g/mol. The van der Waals surface area contributed by atoms with E-state index >= 15 is 0 Å². The first-order valence-electron chi connectivity index (χ1n) is 9.28. The summed E-state index contributed by atoms with van der Waals surface area (Å²) >= 11 is 0. The molecule has 0 atom stereocenters. The van der Waals surface area contributed by atoms with Crippen molar-refractivity contribution < 1.29 is 19.4 Å². The summed E-state index contributed by atoms with van der Waals surface area (Å²) in [6.45, 7) is 7.70. The van der Waals surface area contributed by atoms with Crippen molar-refractivity contribution in [1.29, 1.82) is 0 Å². The van der Waals surface area contributed by atoms with Crippen LogP contribution in [0.25, 0.3) is 32.7 Å². The van der Waals surface area contributed by atoms with E-state index in [2.05, 4.69) is 18.7 Å². The van der Waals surface area contributed by atoms with E-state index in [0.29, 0.717) is 39.7 Å². The average Bonchev–Trinajstić information content (AvgIpc) is 3.08. The van der Waals surface area contributed by atoms with E-state index < -0.39 is 0 Å². The van der Waals surface area contributed by atoms with Gasteiger partial charge in [-0.15, -0.1) is 0 Å². The number of nitrogens with zero attached hydrogens (tertiary/aromatic N) is 1. The molecule has 0 bridgehead atoms. The molecule has 1 heterocycles. The lowest BCUT2D eigenvalue weighted by atomic mass is 10.0. The fraction of sp³-hybridized carbons (Fsp3) is 0.273. The molecule has 5 heteroatoms. The molecule has 0 saturated carbocycles. The van der Waals surface area contributed by atoms with Gasteiger partial charge in [0.2, 0.25) is 0 Å². The first kappa shape index (κ1) is 17.5. The van der Waals surface area contributed by atoms with Crippen LogP contribution >= 0.6 is 0 Å². The number of hydrogen-bond acceptors (Lipinski definition) is 5. The largest absolute Gasteiger partial charge is 0.507 e. The number of rotatable bonds is 6. The molecule has 27 heavy (non-hydrogen) atoms. The standard InChI is InChI=1S/C22H23NO4/c1-3-23(4-2)11-12-26-14-9-10-17-18(13-14)27-22-19(17)20(24)15-7-5-6-8-16(15)21(22)25/h5-10,13,24-25H,3-4,11-12H2,1-2H3. The van der Waals surface area contributed by atoms with Crippen LogP contribution in [-0.4, -0.2) is 41.4 Å². The molecule has 0 amide bonds. The fourth-order valence-electron chi connectivity index (χ4n) is 3.55. The lowest BCUT2D eigenvalue weighted by Crippen LogP contribution is -2.27. The van der Waals surface area contributed by atoms with Crippen molar-refractivity contribution in [2.45, 2.75) is 13.8 Å². The van der Waals surface area contributed by atoms with Gasteiger partial charge in [-0.1, -0.05) is 38.1 Å². The molecule has 3 aromatic carbocycles. The second-order valence-corrected chi connectivity index (χ2v) is 6.58. The zero-order valence-electron chi connectivity index (χ0n) is 15.5. The molecular weight excluding hydrogens is 342 g/mol. The summed E-state index contributed by atoms with van der Waals surface area (Å²) in [5, 5.41) is 23.8. The van der Waals surface area contributed by atoms with Crippen LogP contribution < -0.4 is 4.74 Å². The van der Waals surface area contributed by atoms with E-state index in [1.165, 1.54) is 0 Å². The molecule has 0 saturated heterocycles. The Morgan fingerprint density at radius 1 is 0.926 bits per heavy atom. The topological polar surface area (TPSA) is 66.1 Å². The minimum atomic E-state index is 0.0404. The van der Waals surface area contributed by atoms with Gasteiger partial charge in [0.1, 0.15) is 23.7 Å². The van der Waals surface area contributed by atoms with Gasteiger partial charge >= 0.3 is 0 Å². The summed E-state index contributed by atoms with van der Waals surface area (Å²) in [6.07, 6.45) is 0. The molecule has 0 spiro atoms. The van der Waals surface area contributed by atoms with Crippen LogP contribution in [0.1, 0.15) is 13.8 Å². The number of aromatic hydroxyl groups is 2. The quantitative estimate of drug-likeness (QED) is 0.477. The Labute approximate surface area is 157 Å². The fourth-order valence-corrected chi connectivity index (χ4v) is 3.55. The highest BCUT2D eigenvalue weighted by Gasteiger charge is 2.19. The molecule has 0 aliphatic carbocycles. The zero-order valence-corrected chi connectivity index (χ0v) is 15.5. The summed E-state index contributed by atoms with van der Waals surface area (Å²) in [6, 6.07) is 12.7. The number of benzene rings is 3. The Morgan fingerprint density at radius 3 is 2.33 bits per heavy atom. The predicted molar refractivity (Wildman–Crippen MR) is 108 cm³/mol. The Morgan fingerprint density at radius 2 is 1.63 bits per heavy atom. The Balaban J connectivity index is 1.75. The highest BCUT2D eigenvalue weighted by molar-refractivity contribution is 6.18. The maximum absolute atomic E-state index is 10.7. The van der Waals surface area contributed by atoms with Crippen LogP contribution in [0, 0.1) is 0 Å². The predicted octanol–water partition coefficient (Wildman–Crippen LogP) is 4.87. The van der Waals surface area contributed by atoms with E-state index in [9.17, 15) is 10.2 Å². The Hall–Kier alpha value is -2.92. The Bertz CT molecular complexity index is 1110. The molecule has 140 valence electrons. The smallest absolute Gasteiger partial charge is 0.181 e. The van der Waals surface area contributed by atoms with E-state index in [0.717, 1.165) is 25.0 Å². The van der Waals surface area contributed by atoms with Crippen LogP contribution in [0.15, 0.2) is 46.9 Å². The summed E-state index contributed by atoms with van der Waals surface area (Å²) < 4.78 is 11.7. The maximum atomic E-state index is 10.7. The van der Waals surface area contributed by atoms with Gasteiger partial charge in [0.25, 0.3) is 0 Å². The minimum Gasteiger partial charge on any atom is -0.507 e. The molecule has 0 aliphatic rings. The molecule has 0 fully saturated rings. The van der Waals surface area contributed by atoms with E-state index in [4.69, 9.17) is 9.15 Å². The summed E-state index contributed by atoms with van der Waals surface area (Å²) in [5.74, 6) is 0.864. The average molecular weight is 365 g/mol. The Kier molecular flexibility index (Phi) is 4.54. The number of furan rings is 1. The van der Waals surface area contributed by atoms with Gasteiger partial charge in [0.15, 0.2) is 11.3 Å². The molecule has 4 rings (SSSR count). The van der Waals surface area contributed by atoms with Gasteiger partial charge in [-0.05, 0) is 25.2 Å². The van der Waals surface area contributed by atoms with Crippen molar-refractivity contribution in [3.8, 4) is 17.2 Å². The van der Waals surface area contributed by atoms with Crippen LogP contribution in [-0.2, 0) is 0 Å². The number of fused-ring (bicyclic) bond motifs is 4. The molecule has 1 aromatic heterocycles. The van der Waals surface area contributed by atoms with Crippen LogP contribution in [0.3, 0.4) is 0 Å². The number of likely N-dealkylation sites (N-methyl/N-ethyl adjacent to an activating group) is 1. The third-order valence-electron chi connectivity index (χ3n) is 5.12. The van der Waals surface area contributed by atoms with Crippen molar-refractivity contribution in [1.82, 2.24) is 4.90 Å². The van der Waals surface area contributed by atoms with Crippen molar-refractivity contribution in [2.75, 3.05) is 26.2 Å². The first-order valence-corrected chi connectivity index (χ1v) is 9.28. The van der Waals surface area contributed by atoms with Crippen molar-refractivity contribution in [3.05, 3.63) is 42.5 Å². The highest BCUT2D eigenvalue weighted by Crippen LogP contribution is 2.46. The second kappa shape index (κ2) is 7.00. The van der Waals surface area contributed by atoms with E-state index in [1.54, 1.807) is 18.2 Å². The van der Waals surface area contributed by atoms with Gasteiger partial charge in [0, 0.05) is 28.8 Å². The van der Waals surface area contributed by atoms with Crippen LogP contribution in [0.2, 0.25) is 0 Å². The molecule has 5 nitrogen and oxygen atoms in total. The number of hydrogen-bond donors (Lipinski definition) is 2. The number of ether oxygens (including phenoxy) is 1. The second-order valence-electron chi connectivity index (χ2n) is 6.58.